The highest BCUT2D eigenvalue weighted by atomic mass is 32.2. The van der Waals surface area contributed by atoms with Crippen LogP contribution in [0.25, 0.3) is 11.4 Å². The molecule has 0 saturated carbocycles. The molecule has 160 valence electrons. The smallest absolute Gasteiger partial charge is 0.225 e. The van der Waals surface area contributed by atoms with Crippen LogP contribution in [0.3, 0.4) is 0 Å². The fraction of sp³-hybridized carbons (Fsp3) is 0.500. The number of aromatic nitrogens is 3. The van der Waals surface area contributed by atoms with Crippen LogP contribution in [0, 0.1) is 5.92 Å². The number of amides is 1. The number of piperidine rings is 1. The van der Waals surface area contributed by atoms with E-state index in [1.165, 1.54) is 10.6 Å². The summed E-state index contributed by atoms with van der Waals surface area (Å²) in [4.78, 5) is 21.2. The van der Waals surface area contributed by atoms with Gasteiger partial charge in [-0.05, 0) is 37.1 Å². The van der Waals surface area contributed by atoms with Gasteiger partial charge in [-0.3, -0.25) is 9.78 Å². The van der Waals surface area contributed by atoms with E-state index in [0.717, 1.165) is 17.2 Å². The first-order valence-electron chi connectivity index (χ1n) is 10.2. The Balaban J connectivity index is 1.30. The van der Waals surface area contributed by atoms with Crippen molar-refractivity contribution in [3.63, 3.8) is 0 Å². The number of piperazine rings is 1. The van der Waals surface area contributed by atoms with Gasteiger partial charge in [-0.2, -0.15) is 0 Å². The Morgan fingerprint density at radius 1 is 0.933 bits per heavy atom. The van der Waals surface area contributed by atoms with Crippen LogP contribution >= 0.6 is 0 Å². The molecule has 9 nitrogen and oxygen atoms in total. The van der Waals surface area contributed by atoms with Crippen molar-refractivity contribution in [3.8, 4) is 11.4 Å². The van der Waals surface area contributed by atoms with Gasteiger partial charge in [0, 0.05) is 51.4 Å². The Labute approximate surface area is 176 Å². The van der Waals surface area contributed by atoms with E-state index in [2.05, 4.69) is 20.1 Å². The molecule has 10 heteroatoms. The van der Waals surface area contributed by atoms with Crippen molar-refractivity contribution in [2.75, 3.05) is 50.4 Å². The van der Waals surface area contributed by atoms with Crippen LogP contribution in [-0.2, 0) is 14.8 Å². The molecule has 2 aromatic heterocycles. The molecular formula is C20H26N6O3S. The van der Waals surface area contributed by atoms with Crippen molar-refractivity contribution in [1.29, 1.82) is 0 Å². The summed E-state index contributed by atoms with van der Waals surface area (Å²) < 4.78 is 24.8. The summed E-state index contributed by atoms with van der Waals surface area (Å²) in [5, 5.41) is 8.63. The molecule has 2 aromatic rings. The van der Waals surface area contributed by atoms with Gasteiger partial charge in [-0.25, -0.2) is 12.7 Å². The topological polar surface area (TPSA) is 99.6 Å². The quantitative estimate of drug-likeness (QED) is 0.709. The van der Waals surface area contributed by atoms with E-state index in [1.54, 1.807) is 6.20 Å². The van der Waals surface area contributed by atoms with Crippen LogP contribution in [0.5, 0.6) is 0 Å². The predicted molar refractivity (Wildman–Crippen MR) is 113 cm³/mol. The lowest BCUT2D eigenvalue weighted by atomic mass is 9.96. The number of hydrogen-bond donors (Lipinski definition) is 0. The van der Waals surface area contributed by atoms with Gasteiger partial charge in [-0.15, -0.1) is 10.2 Å². The molecule has 0 N–H and O–H groups in total. The average molecular weight is 431 g/mol. The summed E-state index contributed by atoms with van der Waals surface area (Å²) in [7, 11) is -3.17. The van der Waals surface area contributed by atoms with E-state index in [1.807, 2.05) is 35.2 Å². The molecule has 2 aliphatic rings. The Morgan fingerprint density at radius 3 is 2.23 bits per heavy atom. The minimum Gasteiger partial charge on any atom is -0.352 e. The molecule has 0 radical (unpaired) electrons. The van der Waals surface area contributed by atoms with Gasteiger partial charge < -0.3 is 9.80 Å². The second-order valence-corrected chi connectivity index (χ2v) is 9.72. The first-order chi connectivity index (χ1) is 14.4. The fourth-order valence-corrected chi connectivity index (χ4v) is 4.87. The zero-order valence-corrected chi connectivity index (χ0v) is 17.8. The normalized spacial score (nSPS) is 19.1. The first-order valence-corrected chi connectivity index (χ1v) is 12.0. The van der Waals surface area contributed by atoms with Gasteiger partial charge in [-0.1, -0.05) is 6.07 Å². The number of anilines is 1. The van der Waals surface area contributed by atoms with Crippen molar-refractivity contribution in [2.24, 2.45) is 5.92 Å². The number of hydrogen-bond acceptors (Lipinski definition) is 7. The van der Waals surface area contributed by atoms with Crippen LogP contribution in [0.2, 0.25) is 0 Å². The molecule has 0 atom stereocenters. The van der Waals surface area contributed by atoms with Crippen LogP contribution in [-0.4, -0.2) is 84.2 Å². The number of sulfonamides is 1. The Hall–Kier alpha value is -2.59. The van der Waals surface area contributed by atoms with Crippen LogP contribution in [0.1, 0.15) is 12.8 Å². The highest BCUT2D eigenvalue weighted by molar-refractivity contribution is 7.88. The van der Waals surface area contributed by atoms with Gasteiger partial charge in [0.2, 0.25) is 15.9 Å². The van der Waals surface area contributed by atoms with Gasteiger partial charge >= 0.3 is 0 Å². The highest BCUT2D eigenvalue weighted by Gasteiger charge is 2.32. The summed E-state index contributed by atoms with van der Waals surface area (Å²) in [5.74, 6) is 0.842. The van der Waals surface area contributed by atoms with Crippen molar-refractivity contribution >= 4 is 21.7 Å². The van der Waals surface area contributed by atoms with E-state index in [4.69, 9.17) is 0 Å². The number of rotatable bonds is 4. The molecule has 0 unspecified atom stereocenters. The molecule has 2 saturated heterocycles. The Bertz CT molecular complexity index is 967. The second-order valence-electron chi connectivity index (χ2n) is 7.74. The standard InChI is InChI=1S/C20H26N6O3S/c1-30(28,29)26-10-7-16(8-11-26)20(27)25-14-12-24(13-15-25)19-6-5-18(22-23-19)17-4-2-3-9-21-17/h2-6,9,16H,7-8,10-15H2,1H3. The number of carbonyl (C=O) groups is 1. The summed E-state index contributed by atoms with van der Waals surface area (Å²) >= 11 is 0. The van der Waals surface area contributed by atoms with E-state index in [-0.39, 0.29) is 11.8 Å². The molecule has 1 amide bonds. The van der Waals surface area contributed by atoms with Crippen molar-refractivity contribution in [3.05, 3.63) is 36.5 Å². The Morgan fingerprint density at radius 2 is 1.67 bits per heavy atom. The van der Waals surface area contributed by atoms with Crippen LogP contribution < -0.4 is 4.90 Å². The summed E-state index contributed by atoms with van der Waals surface area (Å²) in [6.45, 7) is 3.52. The first kappa shape index (κ1) is 20.7. The van der Waals surface area contributed by atoms with Gasteiger partial charge in [0.05, 0.1) is 11.9 Å². The molecule has 2 fully saturated rings. The predicted octanol–water partition coefficient (Wildman–Crippen LogP) is 0.859. The molecule has 0 spiro atoms. The third-order valence-corrected chi connectivity index (χ3v) is 7.07. The maximum atomic E-state index is 12.9. The number of nitrogens with zero attached hydrogens (tertiary/aromatic N) is 6. The molecule has 30 heavy (non-hydrogen) atoms. The third-order valence-electron chi connectivity index (χ3n) is 5.77. The molecule has 0 aromatic carbocycles. The lowest BCUT2D eigenvalue weighted by Crippen LogP contribution is -2.52. The number of pyridine rings is 1. The fourth-order valence-electron chi connectivity index (χ4n) is 3.99. The minimum absolute atomic E-state index is 0.0907. The van der Waals surface area contributed by atoms with E-state index >= 15 is 0 Å². The third kappa shape index (κ3) is 4.59. The largest absolute Gasteiger partial charge is 0.352 e. The molecule has 4 heterocycles. The lowest BCUT2D eigenvalue weighted by Gasteiger charge is -2.38. The maximum absolute atomic E-state index is 12.9. The lowest BCUT2D eigenvalue weighted by molar-refractivity contribution is -0.137. The second kappa shape index (κ2) is 8.65. The van der Waals surface area contributed by atoms with E-state index < -0.39 is 10.0 Å². The molecular weight excluding hydrogens is 404 g/mol. The highest BCUT2D eigenvalue weighted by Crippen LogP contribution is 2.23. The van der Waals surface area contributed by atoms with E-state index in [9.17, 15) is 13.2 Å². The number of carbonyl (C=O) groups excluding carboxylic acids is 1. The summed E-state index contributed by atoms with van der Waals surface area (Å²) in [6, 6.07) is 9.53. The van der Waals surface area contributed by atoms with Gasteiger partial charge in [0.1, 0.15) is 5.69 Å². The zero-order chi connectivity index (χ0) is 21.1. The molecule has 0 bridgehead atoms. The molecule has 2 aliphatic heterocycles. The van der Waals surface area contributed by atoms with Crippen molar-refractivity contribution < 1.29 is 13.2 Å². The maximum Gasteiger partial charge on any atom is 0.225 e. The van der Waals surface area contributed by atoms with Gasteiger partial charge in [0.15, 0.2) is 5.82 Å². The average Bonchev–Trinajstić information content (AvgIpc) is 2.79. The Kier molecular flexibility index (Phi) is 5.96. The molecule has 4 rings (SSSR count). The van der Waals surface area contributed by atoms with Crippen LogP contribution in [0.4, 0.5) is 5.82 Å². The summed E-state index contributed by atoms with van der Waals surface area (Å²) in [5.41, 5.74) is 1.52. The monoisotopic (exact) mass is 430 g/mol. The van der Waals surface area contributed by atoms with E-state index in [0.29, 0.717) is 52.1 Å². The van der Waals surface area contributed by atoms with Crippen molar-refractivity contribution in [2.45, 2.75) is 12.8 Å². The SMILES string of the molecule is CS(=O)(=O)N1CCC(C(=O)N2CCN(c3ccc(-c4ccccn4)nn3)CC2)CC1. The van der Waals surface area contributed by atoms with Gasteiger partial charge in [0.25, 0.3) is 0 Å². The van der Waals surface area contributed by atoms with Crippen LogP contribution in [0.15, 0.2) is 36.5 Å². The minimum atomic E-state index is -3.17. The summed E-state index contributed by atoms with van der Waals surface area (Å²) in [6.07, 6.45) is 4.13. The van der Waals surface area contributed by atoms with Crippen molar-refractivity contribution in [1.82, 2.24) is 24.4 Å². The zero-order valence-electron chi connectivity index (χ0n) is 17.0. The molecule has 0 aliphatic carbocycles.